The van der Waals surface area contributed by atoms with E-state index in [1.807, 2.05) is 0 Å². The maximum absolute atomic E-state index is 12.2. The molecule has 1 atom stereocenters. The number of cyclic esters (lactones) is 1. The molecule has 1 fully saturated rings. The van der Waals surface area contributed by atoms with Crippen molar-refractivity contribution >= 4 is 11.9 Å². The summed E-state index contributed by atoms with van der Waals surface area (Å²) in [5, 5.41) is 2.70. The Bertz CT molecular complexity index is 585. The van der Waals surface area contributed by atoms with Gasteiger partial charge < -0.3 is 14.8 Å². The summed E-state index contributed by atoms with van der Waals surface area (Å²) in [5.74, 6) is 0.155. The Kier molecular flexibility index (Phi) is 10.5. The highest BCUT2D eigenvalue weighted by Crippen LogP contribution is 2.15. The van der Waals surface area contributed by atoms with Crippen molar-refractivity contribution in [2.24, 2.45) is 0 Å². The monoisotopic (exact) mass is 389 g/mol. The van der Waals surface area contributed by atoms with Gasteiger partial charge in [0.15, 0.2) is 0 Å². The Morgan fingerprint density at radius 3 is 2.18 bits per heavy atom. The summed E-state index contributed by atoms with van der Waals surface area (Å²) < 4.78 is 10.6. The third-order valence-electron chi connectivity index (χ3n) is 5.12. The summed E-state index contributed by atoms with van der Waals surface area (Å²) in [6.45, 7) is 3.33. The maximum atomic E-state index is 12.2. The van der Waals surface area contributed by atoms with Gasteiger partial charge in [0.25, 0.3) is 5.91 Å². The number of hydrogen-bond acceptors (Lipinski definition) is 4. The van der Waals surface area contributed by atoms with Crippen LogP contribution in [0.1, 0.15) is 87.9 Å². The molecule has 1 aromatic rings. The number of nitrogens with one attached hydrogen (secondary N) is 1. The first-order valence-corrected chi connectivity index (χ1v) is 10.9. The van der Waals surface area contributed by atoms with Crippen LogP contribution in [-0.2, 0) is 9.53 Å². The average molecular weight is 390 g/mol. The number of carbonyl (C=O) groups excluding carboxylic acids is 2. The Morgan fingerprint density at radius 2 is 1.61 bits per heavy atom. The summed E-state index contributed by atoms with van der Waals surface area (Å²) in [4.78, 5) is 23.6. The van der Waals surface area contributed by atoms with Gasteiger partial charge in [0.1, 0.15) is 11.8 Å². The second-order valence-electron chi connectivity index (χ2n) is 7.54. The fraction of sp³-hybridized carbons (Fsp3) is 0.652. The van der Waals surface area contributed by atoms with Crippen molar-refractivity contribution in [1.82, 2.24) is 5.32 Å². The molecule has 0 radical (unpaired) electrons. The summed E-state index contributed by atoms with van der Waals surface area (Å²) in [7, 11) is 0. The van der Waals surface area contributed by atoms with Crippen LogP contribution in [0.25, 0.3) is 0 Å². The van der Waals surface area contributed by atoms with Crippen molar-refractivity contribution in [3.63, 3.8) is 0 Å². The van der Waals surface area contributed by atoms with Gasteiger partial charge in [-0.2, -0.15) is 0 Å². The Hall–Kier alpha value is -2.04. The molecule has 0 bridgehead atoms. The topological polar surface area (TPSA) is 64.6 Å². The molecule has 1 saturated heterocycles. The number of esters is 1. The molecule has 0 saturated carbocycles. The van der Waals surface area contributed by atoms with E-state index in [9.17, 15) is 9.59 Å². The van der Waals surface area contributed by atoms with Crippen LogP contribution in [0.4, 0.5) is 0 Å². The smallest absolute Gasteiger partial charge is 0.328 e. The highest BCUT2D eigenvalue weighted by Gasteiger charge is 2.28. The van der Waals surface area contributed by atoms with Gasteiger partial charge in [-0.1, -0.05) is 64.7 Å². The van der Waals surface area contributed by atoms with Crippen LogP contribution in [0.3, 0.4) is 0 Å². The van der Waals surface area contributed by atoms with Crippen LogP contribution in [0.2, 0.25) is 0 Å². The van der Waals surface area contributed by atoms with E-state index in [2.05, 4.69) is 12.2 Å². The molecular weight excluding hydrogens is 354 g/mol. The van der Waals surface area contributed by atoms with Crippen molar-refractivity contribution in [1.29, 1.82) is 0 Å². The molecule has 0 aliphatic carbocycles. The molecule has 2 rings (SSSR count). The largest absolute Gasteiger partial charge is 0.494 e. The molecule has 1 amide bonds. The predicted molar refractivity (Wildman–Crippen MR) is 111 cm³/mol. The minimum Gasteiger partial charge on any atom is -0.494 e. The molecule has 1 unspecified atom stereocenters. The van der Waals surface area contributed by atoms with E-state index in [-0.39, 0.29) is 11.9 Å². The lowest BCUT2D eigenvalue weighted by Crippen LogP contribution is -2.37. The zero-order chi connectivity index (χ0) is 20.0. The van der Waals surface area contributed by atoms with Gasteiger partial charge in [-0.3, -0.25) is 4.79 Å². The number of unbranched alkanes of at least 4 members (excludes halogenated alkanes) is 9. The van der Waals surface area contributed by atoms with Crippen molar-refractivity contribution in [3.8, 4) is 5.75 Å². The summed E-state index contributed by atoms with van der Waals surface area (Å²) in [6, 6.07) is 6.53. The summed E-state index contributed by atoms with van der Waals surface area (Å²) in [5.41, 5.74) is 0.519. The fourth-order valence-corrected chi connectivity index (χ4v) is 3.35. The molecule has 28 heavy (non-hydrogen) atoms. The second kappa shape index (κ2) is 13.2. The number of benzene rings is 1. The lowest BCUT2D eigenvalue weighted by Gasteiger charge is -2.10. The maximum Gasteiger partial charge on any atom is 0.328 e. The molecule has 0 aromatic heterocycles. The number of amides is 1. The molecule has 1 aromatic carbocycles. The lowest BCUT2D eigenvalue weighted by atomic mass is 10.1. The second-order valence-corrected chi connectivity index (χ2v) is 7.54. The first-order chi connectivity index (χ1) is 13.7. The van der Waals surface area contributed by atoms with Crippen LogP contribution in [-0.4, -0.2) is 31.1 Å². The van der Waals surface area contributed by atoms with Crippen molar-refractivity contribution in [2.75, 3.05) is 13.2 Å². The predicted octanol–water partition coefficient (Wildman–Crippen LogP) is 5.03. The fourth-order valence-electron chi connectivity index (χ4n) is 3.35. The Balaban J connectivity index is 1.53. The Morgan fingerprint density at radius 1 is 1.00 bits per heavy atom. The molecular formula is C23H35NO4. The van der Waals surface area contributed by atoms with Crippen LogP contribution < -0.4 is 10.1 Å². The molecule has 1 N–H and O–H groups in total. The van der Waals surface area contributed by atoms with E-state index in [1.54, 1.807) is 24.3 Å². The minimum absolute atomic E-state index is 0.259. The van der Waals surface area contributed by atoms with Crippen LogP contribution in [0, 0.1) is 0 Å². The normalized spacial score (nSPS) is 16.0. The molecule has 1 aliphatic heterocycles. The van der Waals surface area contributed by atoms with Gasteiger partial charge in [-0.15, -0.1) is 0 Å². The Labute approximate surface area is 169 Å². The van der Waals surface area contributed by atoms with Crippen molar-refractivity contribution < 1.29 is 19.1 Å². The van der Waals surface area contributed by atoms with E-state index in [1.165, 1.54) is 57.8 Å². The zero-order valence-corrected chi connectivity index (χ0v) is 17.2. The van der Waals surface area contributed by atoms with E-state index in [4.69, 9.17) is 9.47 Å². The van der Waals surface area contributed by atoms with Gasteiger partial charge in [0, 0.05) is 12.0 Å². The van der Waals surface area contributed by atoms with Crippen LogP contribution in [0.15, 0.2) is 24.3 Å². The number of carbonyl (C=O) groups is 2. The van der Waals surface area contributed by atoms with E-state index in [0.29, 0.717) is 25.2 Å². The van der Waals surface area contributed by atoms with Gasteiger partial charge in [0.05, 0.1) is 13.2 Å². The molecule has 0 spiro atoms. The van der Waals surface area contributed by atoms with Crippen molar-refractivity contribution in [2.45, 2.75) is 83.6 Å². The highest BCUT2D eigenvalue weighted by atomic mass is 16.5. The van der Waals surface area contributed by atoms with Crippen molar-refractivity contribution in [3.05, 3.63) is 29.8 Å². The minimum atomic E-state index is -0.528. The SMILES string of the molecule is CCCCCCCCCCCCOc1ccc(C(=O)NC2CCOC2=O)cc1. The zero-order valence-electron chi connectivity index (χ0n) is 17.2. The molecule has 5 nitrogen and oxygen atoms in total. The van der Waals surface area contributed by atoms with Gasteiger partial charge in [0.2, 0.25) is 0 Å². The third-order valence-corrected chi connectivity index (χ3v) is 5.12. The van der Waals surface area contributed by atoms with Crippen LogP contribution in [0.5, 0.6) is 5.75 Å². The third kappa shape index (κ3) is 8.32. The molecule has 1 aliphatic rings. The quantitative estimate of drug-likeness (QED) is 0.358. The highest BCUT2D eigenvalue weighted by molar-refractivity contribution is 5.97. The summed E-state index contributed by atoms with van der Waals surface area (Å²) in [6.07, 6.45) is 13.6. The number of rotatable bonds is 14. The van der Waals surface area contributed by atoms with Gasteiger partial charge >= 0.3 is 5.97 Å². The first-order valence-electron chi connectivity index (χ1n) is 10.9. The molecule has 156 valence electrons. The number of ether oxygens (including phenoxy) is 2. The summed E-state index contributed by atoms with van der Waals surface area (Å²) >= 11 is 0. The molecule has 1 heterocycles. The van der Waals surface area contributed by atoms with E-state index < -0.39 is 6.04 Å². The van der Waals surface area contributed by atoms with Gasteiger partial charge in [-0.25, -0.2) is 4.79 Å². The first kappa shape index (κ1) is 22.3. The van der Waals surface area contributed by atoms with E-state index >= 15 is 0 Å². The lowest BCUT2D eigenvalue weighted by molar-refractivity contribution is -0.139. The average Bonchev–Trinajstić information content (AvgIpc) is 3.11. The standard InChI is InChI=1S/C23H35NO4/c1-2-3-4-5-6-7-8-9-10-11-17-27-20-14-12-19(13-15-20)22(25)24-21-16-18-28-23(21)26/h12-15,21H,2-11,16-18H2,1H3,(H,24,25). The van der Waals surface area contributed by atoms with Crippen LogP contribution >= 0.6 is 0 Å². The van der Waals surface area contributed by atoms with E-state index in [0.717, 1.165) is 12.2 Å². The number of hydrogen-bond donors (Lipinski definition) is 1. The molecule has 5 heteroatoms. The van der Waals surface area contributed by atoms with Gasteiger partial charge in [-0.05, 0) is 30.7 Å².